The molecule has 0 saturated carbocycles. The first kappa shape index (κ1) is 19.9. The largest absolute Gasteiger partial charge is 0.379 e. The zero-order valence-electron chi connectivity index (χ0n) is 16.1. The van der Waals surface area contributed by atoms with Gasteiger partial charge in [0, 0.05) is 41.9 Å². The van der Waals surface area contributed by atoms with Crippen LogP contribution in [-0.2, 0) is 17.8 Å². The van der Waals surface area contributed by atoms with E-state index >= 15 is 0 Å². The molecule has 0 atom stereocenters. The van der Waals surface area contributed by atoms with E-state index in [1.807, 2.05) is 24.3 Å². The third-order valence-corrected chi connectivity index (χ3v) is 5.46. The fraction of sp³-hybridized carbons (Fsp3) is 0.409. The number of nitrogens with zero attached hydrogens (tertiary/aromatic N) is 1. The molecular formula is C22H28N2O2S. The minimum absolute atomic E-state index is 0.0327. The molecule has 2 aromatic rings. The van der Waals surface area contributed by atoms with Crippen LogP contribution >= 0.6 is 11.8 Å². The van der Waals surface area contributed by atoms with Crippen molar-refractivity contribution in [2.45, 2.75) is 37.1 Å². The van der Waals surface area contributed by atoms with Crippen LogP contribution in [0.15, 0.2) is 53.4 Å². The molecule has 1 heterocycles. The highest BCUT2D eigenvalue weighted by molar-refractivity contribution is 7.99. The van der Waals surface area contributed by atoms with E-state index in [9.17, 15) is 4.79 Å². The van der Waals surface area contributed by atoms with Gasteiger partial charge in [0.05, 0.1) is 13.2 Å². The molecule has 0 aliphatic carbocycles. The van der Waals surface area contributed by atoms with Crippen molar-refractivity contribution in [3.8, 4) is 0 Å². The lowest BCUT2D eigenvalue weighted by Crippen LogP contribution is -2.35. The lowest BCUT2D eigenvalue weighted by molar-refractivity contribution is 0.0342. The van der Waals surface area contributed by atoms with E-state index in [-0.39, 0.29) is 5.91 Å². The van der Waals surface area contributed by atoms with Gasteiger partial charge in [-0.2, -0.15) is 0 Å². The number of amides is 1. The van der Waals surface area contributed by atoms with Crippen LogP contribution in [0.4, 0.5) is 0 Å². The Morgan fingerprint density at radius 3 is 2.52 bits per heavy atom. The Kier molecular flexibility index (Phi) is 7.33. The van der Waals surface area contributed by atoms with Crippen molar-refractivity contribution in [3.63, 3.8) is 0 Å². The van der Waals surface area contributed by atoms with Crippen LogP contribution in [-0.4, -0.2) is 42.4 Å². The Bertz CT molecular complexity index is 740. The molecule has 0 bridgehead atoms. The van der Waals surface area contributed by atoms with Crippen LogP contribution in [0.25, 0.3) is 0 Å². The molecule has 1 saturated heterocycles. The van der Waals surface area contributed by atoms with Gasteiger partial charge in [0.1, 0.15) is 0 Å². The zero-order valence-corrected chi connectivity index (χ0v) is 16.9. The number of hydrogen-bond donors (Lipinski definition) is 1. The molecule has 2 aromatic carbocycles. The number of benzene rings is 2. The summed E-state index contributed by atoms with van der Waals surface area (Å²) in [6, 6.07) is 16.3. The van der Waals surface area contributed by atoms with E-state index in [2.05, 4.69) is 48.3 Å². The Morgan fingerprint density at radius 1 is 1.11 bits per heavy atom. The Morgan fingerprint density at radius 2 is 1.81 bits per heavy atom. The molecule has 0 spiro atoms. The Balaban J connectivity index is 1.53. The molecule has 4 nitrogen and oxygen atoms in total. The molecule has 1 amide bonds. The fourth-order valence-electron chi connectivity index (χ4n) is 3.10. The minimum Gasteiger partial charge on any atom is -0.379 e. The fourth-order valence-corrected chi connectivity index (χ4v) is 3.93. The second-order valence-corrected chi connectivity index (χ2v) is 8.73. The number of morpholine rings is 1. The minimum atomic E-state index is -0.0327. The molecular weight excluding hydrogens is 356 g/mol. The van der Waals surface area contributed by atoms with Gasteiger partial charge in [0.2, 0.25) is 0 Å². The molecule has 1 N–H and O–H groups in total. The molecule has 0 radical (unpaired) electrons. The van der Waals surface area contributed by atoms with E-state index < -0.39 is 0 Å². The molecule has 1 aliphatic rings. The maximum Gasteiger partial charge on any atom is 0.251 e. The number of ether oxygens (including phenoxy) is 1. The van der Waals surface area contributed by atoms with Gasteiger partial charge in [-0.15, -0.1) is 11.8 Å². The van der Waals surface area contributed by atoms with E-state index in [0.29, 0.717) is 17.4 Å². The normalized spacial score (nSPS) is 15.1. The number of carbonyl (C=O) groups excluding carboxylic acids is 1. The highest BCUT2D eigenvalue weighted by Gasteiger charge is 2.11. The number of carbonyl (C=O) groups is 1. The average molecular weight is 385 g/mol. The van der Waals surface area contributed by atoms with Gasteiger partial charge in [-0.3, -0.25) is 9.69 Å². The summed E-state index contributed by atoms with van der Waals surface area (Å²) in [5, 5.41) is 3.56. The van der Waals surface area contributed by atoms with Crippen molar-refractivity contribution in [1.29, 1.82) is 0 Å². The highest BCUT2D eigenvalue weighted by Crippen LogP contribution is 2.22. The van der Waals surface area contributed by atoms with Gasteiger partial charge in [0.25, 0.3) is 5.91 Å². The molecule has 1 fully saturated rings. The molecule has 3 rings (SSSR count). The number of nitrogens with one attached hydrogen (secondary N) is 1. The summed E-state index contributed by atoms with van der Waals surface area (Å²) in [7, 11) is 0. The van der Waals surface area contributed by atoms with Gasteiger partial charge in [-0.25, -0.2) is 0 Å². The summed E-state index contributed by atoms with van der Waals surface area (Å²) < 4.78 is 5.40. The lowest BCUT2D eigenvalue weighted by Gasteiger charge is -2.26. The maximum atomic E-state index is 12.4. The molecule has 1 aliphatic heterocycles. The second-order valence-electron chi connectivity index (χ2n) is 7.08. The van der Waals surface area contributed by atoms with Crippen molar-refractivity contribution in [2.24, 2.45) is 0 Å². The van der Waals surface area contributed by atoms with E-state index in [0.717, 1.165) is 38.4 Å². The molecule has 5 heteroatoms. The smallest absolute Gasteiger partial charge is 0.251 e. The van der Waals surface area contributed by atoms with Crippen molar-refractivity contribution >= 4 is 17.7 Å². The van der Waals surface area contributed by atoms with Crippen LogP contribution in [0.3, 0.4) is 0 Å². The summed E-state index contributed by atoms with van der Waals surface area (Å²) in [6.45, 7) is 9.38. The maximum absolute atomic E-state index is 12.4. The third kappa shape index (κ3) is 6.38. The summed E-state index contributed by atoms with van der Waals surface area (Å²) in [5.41, 5.74) is 3.10. The van der Waals surface area contributed by atoms with Gasteiger partial charge in [0.15, 0.2) is 0 Å². The highest BCUT2D eigenvalue weighted by atomic mass is 32.2. The zero-order chi connectivity index (χ0) is 19.1. The quantitative estimate of drug-likeness (QED) is 0.734. The second kappa shape index (κ2) is 9.93. The van der Waals surface area contributed by atoms with Crippen LogP contribution in [0, 0.1) is 0 Å². The van der Waals surface area contributed by atoms with Crippen molar-refractivity contribution in [2.75, 3.05) is 26.3 Å². The van der Waals surface area contributed by atoms with Crippen molar-refractivity contribution in [3.05, 3.63) is 65.2 Å². The molecule has 0 aromatic heterocycles. The number of thioether (sulfide) groups is 1. The first-order valence-electron chi connectivity index (χ1n) is 9.53. The first-order valence-corrected chi connectivity index (χ1v) is 10.4. The van der Waals surface area contributed by atoms with Gasteiger partial charge >= 0.3 is 0 Å². The predicted octanol–water partition coefficient (Wildman–Crippen LogP) is 3.95. The van der Waals surface area contributed by atoms with Gasteiger partial charge in [-0.1, -0.05) is 38.1 Å². The molecule has 27 heavy (non-hydrogen) atoms. The predicted molar refractivity (Wildman–Crippen MR) is 111 cm³/mol. The topological polar surface area (TPSA) is 41.6 Å². The molecule has 144 valence electrons. The SMILES string of the molecule is CC(C)Sc1ccc(C(=O)NCc2cccc(CN3CCOCC3)c2)cc1. The Hall–Kier alpha value is -1.82. The van der Waals surface area contributed by atoms with Crippen molar-refractivity contribution < 1.29 is 9.53 Å². The van der Waals surface area contributed by atoms with E-state index in [1.165, 1.54) is 10.5 Å². The first-order chi connectivity index (χ1) is 13.1. The summed E-state index contributed by atoms with van der Waals surface area (Å²) in [6.07, 6.45) is 0. The van der Waals surface area contributed by atoms with Gasteiger partial charge in [-0.05, 0) is 35.4 Å². The van der Waals surface area contributed by atoms with Crippen LogP contribution in [0.5, 0.6) is 0 Å². The summed E-state index contributed by atoms with van der Waals surface area (Å²) in [4.78, 5) is 16.0. The van der Waals surface area contributed by atoms with Crippen LogP contribution in [0.2, 0.25) is 0 Å². The third-order valence-electron chi connectivity index (χ3n) is 4.44. The number of hydrogen-bond acceptors (Lipinski definition) is 4. The summed E-state index contributed by atoms with van der Waals surface area (Å²) in [5.74, 6) is -0.0327. The van der Waals surface area contributed by atoms with Crippen LogP contribution in [0.1, 0.15) is 35.3 Å². The standard InChI is InChI=1S/C22H28N2O2S/c1-17(2)27-21-8-6-20(7-9-21)22(25)23-15-18-4-3-5-19(14-18)16-24-10-12-26-13-11-24/h3-9,14,17H,10-13,15-16H2,1-2H3,(H,23,25). The summed E-state index contributed by atoms with van der Waals surface area (Å²) >= 11 is 1.80. The van der Waals surface area contributed by atoms with E-state index in [4.69, 9.17) is 4.74 Å². The number of rotatable bonds is 7. The lowest BCUT2D eigenvalue weighted by atomic mass is 10.1. The van der Waals surface area contributed by atoms with Crippen molar-refractivity contribution in [1.82, 2.24) is 10.2 Å². The average Bonchev–Trinajstić information content (AvgIpc) is 2.67. The Labute approximate surface area is 166 Å². The van der Waals surface area contributed by atoms with Gasteiger partial charge < -0.3 is 10.1 Å². The molecule has 0 unspecified atom stereocenters. The monoisotopic (exact) mass is 384 g/mol. The van der Waals surface area contributed by atoms with Crippen LogP contribution < -0.4 is 5.32 Å². The van der Waals surface area contributed by atoms with E-state index in [1.54, 1.807) is 11.8 Å².